The van der Waals surface area contributed by atoms with Crippen LogP contribution in [-0.2, 0) is 9.78 Å². The fourth-order valence-electron chi connectivity index (χ4n) is 7.51. The van der Waals surface area contributed by atoms with Crippen molar-refractivity contribution in [1.82, 2.24) is 0 Å². The van der Waals surface area contributed by atoms with E-state index in [2.05, 4.69) is 34.6 Å². The minimum absolute atomic E-state index is 0.200. The fourth-order valence-corrected chi connectivity index (χ4v) is 7.51. The van der Waals surface area contributed by atoms with Crippen molar-refractivity contribution in [2.75, 3.05) is 0 Å². The molecule has 144 valence electrons. The summed E-state index contributed by atoms with van der Waals surface area (Å²) < 4.78 is 0. The second-order valence-corrected chi connectivity index (χ2v) is 11.4. The summed E-state index contributed by atoms with van der Waals surface area (Å²) in [5, 5.41) is 0. The molecule has 4 aliphatic rings. The lowest BCUT2D eigenvalue weighted by Crippen LogP contribution is -2.53. The molecule has 0 aliphatic heterocycles. The molecule has 2 nitrogen and oxygen atoms in total. The highest BCUT2D eigenvalue weighted by atomic mass is 17.2. The van der Waals surface area contributed by atoms with Crippen LogP contribution in [0.15, 0.2) is 0 Å². The van der Waals surface area contributed by atoms with Gasteiger partial charge in [-0.1, -0.05) is 20.3 Å². The van der Waals surface area contributed by atoms with Crippen LogP contribution >= 0.6 is 0 Å². The molecule has 0 spiro atoms. The Morgan fingerprint density at radius 1 is 0.840 bits per heavy atom. The van der Waals surface area contributed by atoms with E-state index in [4.69, 9.17) is 9.78 Å². The monoisotopic (exact) mass is 348 g/mol. The molecule has 0 aromatic carbocycles. The molecule has 0 N–H and O–H groups in total. The summed E-state index contributed by atoms with van der Waals surface area (Å²) in [7, 11) is 0. The molecule has 0 aromatic rings. The van der Waals surface area contributed by atoms with Gasteiger partial charge in [0.15, 0.2) is 0 Å². The molecule has 4 aliphatic carbocycles. The molecule has 4 fully saturated rings. The third-order valence-electron chi connectivity index (χ3n) is 8.83. The Hall–Kier alpha value is -0.0800. The Morgan fingerprint density at radius 3 is 2.40 bits per heavy atom. The highest BCUT2D eigenvalue weighted by Crippen LogP contribution is 2.66. The summed E-state index contributed by atoms with van der Waals surface area (Å²) in [5.41, 5.74) is 1.05. The zero-order valence-corrected chi connectivity index (χ0v) is 17.3. The van der Waals surface area contributed by atoms with E-state index in [9.17, 15) is 0 Å². The van der Waals surface area contributed by atoms with Crippen molar-refractivity contribution < 1.29 is 9.78 Å². The topological polar surface area (TPSA) is 18.5 Å². The Kier molecular flexibility index (Phi) is 4.56. The minimum Gasteiger partial charge on any atom is -0.233 e. The maximum absolute atomic E-state index is 5.86. The third-order valence-corrected chi connectivity index (χ3v) is 8.83. The molecule has 7 atom stereocenters. The van der Waals surface area contributed by atoms with Gasteiger partial charge in [0.05, 0.1) is 11.7 Å². The van der Waals surface area contributed by atoms with E-state index in [1.807, 2.05) is 0 Å². The van der Waals surface area contributed by atoms with Crippen LogP contribution in [0.4, 0.5) is 0 Å². The van der Waals surface area contributed by atoms with E-state index >= 15 is 0 Å². The first-order valence-corrected chi connectivity index (χ1v) is 11.1. The standard InChI is InChI=1S/C23H40O2/c1-21(2,3)25-24-17-10-14-23(5)16(15-17)8-9-18-19-7-6-12-22(19,4)13-11-20(18)23/h16-20H,6-15H2,1-5H3/t16-,17+,18-,19-,20-,22-,23-/m0/s1. The van der Waals surface area contributed by atoms with Crippen LogP contribution in [0.5, 0.6) is 0 Å². The molecule has 25 heavy (non-hydrogen) atoms. The largest absolute Gasteiger partial charge is 0.233 e. The second kappa shape index (κ2) is 6.23. The number of rotatable bonds is 2. The van der Waals surface area contributed by atoms with Gasteiger partial charge in [-0.05, 0) is 113 Å². The van der Waals surface area contributed by atoms with Gasteiger partial charge in [-0.15, -0.1) is 0 Å². The normalized spacial score (nSPS) is 50.0. The zero-order valence-electron chi connectivity index (χ0n) is 17.3. The third kappa shape index (κ3) is 3.20. The van der Waals surface area contributed by atoms with Crippen molar-refractivity contribution in [1.29, 1.82) is 0 Å². The summed E-state index contributed by atoms with van der Waals surface area (Å²) in [5.74, 6) is 3.88. The van der Waals surface area contributed by atoms with Gasteiger partial charge in [0.2, 0.25) is 0 Å². The Balaban J connectivity index is 1.45. The van der Waals surface area contributed by atoms with Crippen molar-refractivity contribution >= 4 is 0 Å². The lowest BCUT2D eigenvalue weighted by molar-refractivity contribution is -0.381. The minimum atomic E-state index is -0.200. The molecular formula is C23H40O2. The lowest BCUT2D eigenvalue weighted by atomic mass is 9.45. The van der Waals surface area contributed by atoms with E-state index in [0.717, 1.165) is 23.7 Å². The quantitative estimate of drug-likeness (QED) is 0.417. The maximum atomic E-state index is 5.86. The van der Waals surface area contributed by atoms with Crippen molar-refractivity contribution in [3.05, 3.63) is 0 Å². The van der Waals surface area contributed by atoms with E-state index in [0.29, 0.717) is 16.9 Å². The predicted molar refractivity (Wildman–Crippen MR) is 102 cm³/mol. The molecular weight excluding hydrogens is 308 g/mol. The molecule has 0 saturated heterocycles. The fraction of sp³-hybridized carbons (Fsp3) is 1.00. The van der Waals surface area contributed by atoms with Crippen LogP contribution < -0.4 is 0 Å². The molecule has 0 amide bonds. The van der Waals surface area contributed by atoms with Crippen LogP contribution in [0.1, 0.15) is 98.8 Å². The van der Waals surface area contributed by atoms with Crippen LogP contribution in [0.2, 0.25) is 0 Å². The first-order valence-electron chi connectivity index (χ1n) is 11.1. The Morgan fingerprint density at radius 2 is 1.64 bits per heavy atom. The van der Waals surface area contributed by atoms with Gasteiger partial charge in [-0.2, -0.15) is 0 Å². The summed E-state index contributed by atoms with van der Waals surface area (Å²) in [6.07, 6.45) is 14.5. The van der Waals surface area contributed by atoms with Gasteiger partial charge < -0.3 is 0 Å². The summed E-state index contributed by atoms with van der Waals surface area (Å²) in [6, 6.07) is 0. The van der Waals surface area contributed by atoms with Gasteiger partial charge in [0, 0.05) is 0 Å². The van der Waals surface area contributed by atoms with E-state index in [1.54, 1.807) is 0 Å². The first kappa shape index (κ1) is 18.3. The molecule has 0 heterocycles. The molecule has 0 aromatic heterocycles. The van der Waals surface area contributed by atoms with Crippen LogP contribution in [-0.4, -0.2) is 11.7 Å². The summed E-state index contributed by atoms with van der Waals surface area (Å²) >= 11 is 0. The maximum Gasteiger partial charge on any atom is 0.0952 e. The van der Waals surface area contributed by atoms with E-state index < -0.39 is 0 Å². The molecule has 0 radical (unpaired) electrons. The van der Waals surface area contributed by atoms with E-state index in [-0.39, 0.29) is 5.60 Å². The number of fused-ring (bicyclic) bond motifs is 5. The van der Waals surface area contributed by atoms with Crippen molar-refractivity contribution in [2.24, 2.45) is 34.5 Å². The van der Waals surface area contributed by atoms with Crippen molar-refractivity contribution in [3.8, 4) is 0 Å². The molecule has 0 unspecified atom stereocenters. The first-order chi connectivity index (χ1) is 11.7. The van der Waals surface area contributed by atoms with E-state index in [1.165, 1.54) is 64.2 Å². The Labute approximate surface area is 155 Å². The van der Waals surface area contributed by atoms with Gasteiger partial charge in [-0.25, -0.2) is 9.78 Å². The lowest BCUT2D eigenvalue weighted by Gasteiger charge is -2.60. The highest BCUT2D eigenvalue weighted by Gasteiger charge is 2.58. The molecule has 4 saturated carbocycles. The van der Waals surface area contributed by atoms with Gasteiger partial charge >= 0.3 is 0 Å². The zero-order chi connectivity index (χ0) is 17.9. The molecule has 4 rings (SSSR count). The van der Waals surface area contributed by atoms with Crippen LogP contribution in [0.25, 0.3) is 0 Å². The van der Waals surface area contributed by atoms with Crippen molar-refractivity contribution in [2.45, 2.75) is 111 Å². The predicted octanol–water partition coefficient (Wildman–Crippen LogP) is 6.53. The highest BCUT2D eigenvalue weighted by molar-refractivity contribution is 5.07. The molecule has 2 heteroatoms. The SMILES string of the molecule is CC(C)(C)OO[C@@H]1CC[C@@]2(C)[C@@H](CC[C@H]3[C@@H]4CCC[C@@]4(C)CC[C@@H]32)C1. The van der Waals surface area contributed by atoms with Gasteiger partial charge in [0.25, 0.3) is 0 Å². The van der Waals surface area contributed by atoms with Crippen LogP contribution in [0.3, 0.4) is 0 Å². The van der Waals surface area contributed by atoms with Crippen LogP contribution in [0, 0.1) is 34.5 Å². The summed E-state index contributed by atoms with van der Waals surface area (Å²) in [6.45, 7) is 11.5. The Bertz CT molecular complexity index is 495. The number of hydrogen-bond acceptors (Lipinski definition) is 2. The average molecular weight is 349 g/mol. The average Bonchev–Trinajstić information content (AvgIpc) is 2.94. The van der Waals surface area contributed by atoms with Gasteiger partial charge in [0.1, 0.15) is 0 Å². The van der Waals surface area contributed by atoms with Crippen molar-refractivity contribution in [3.63, 3.8) is 0 Å². The molecule has 0 bridgehead atoms. The van der Waals surface area contributed by atoms with Gasteiger partial charge in [-0.3, -0.25) is 0 Å². The second-order valence-electron chi connectivity index (χ2n) is 11.4. The summed E-state index contributed by atoms with van der Waals surface area (Å²) in [4.78, 5) is 11.5. The number of hydrogen-bond donors (Lipinski definition) is 0. The smallest absolute Gasteiger partial charge is 0.0952 e.